The highest BCUT2D eigenvalue weighted by Gasteiger charge is 2.34. The Morgan fingerprint density at radius 3 is 2.69 bits per heavy atom. The van der Waals surface area contributed by atoms with Gasteiger partial charge in [-0.05, 0) is 51.3 Å². The summed E-state index contributed by atoms with van der Waals surface area (Å²) < 4.78 is 49.8. The summed E-state index contributed by atoms with van der Waals surface area (Å²) in [5.74, 6) is 0.724. The summed E-state index contributed by atoms with van der Waals surface area (Å²) in [4.78, 5) is 4.59. The molecule has 0 unspecified atom stereocenters. The molecule has 0 amide bonds. The molecule has 1 saturated carbocycles. The summed E-state index contributed by atoms with van der Waals surface area (Å²) in [6, 6.07) is 5.84. The Morgan fingerprint density at radius 1 is 1.28 bits per heavy atom. The molecule has 0 aliphatic heterocycles. The van der Waals surface area contributed by atoms with Crippen molar-refractivity contribution < 1.29 is 17.3 Å². The largest absolute Gasteiger partial charge is 0.347 e. The molecular weight excluding hydrogens is 395 g/mol. The van der Waals surface area contributed by atoms with Crippen molar-refractivity contribution >= 4 is 10.0 Å². The van der Waals surface area contributed by atoms with E-state index in [2.05, 4.69) is 14.9 Å². The Balaban J connectivity index is 1.74. The van der Waals surface area contributed by atoms with Gasteiger partial charge < -0.3 is 9.09 Å². The van der Waals surface area contributed by atoms with Crippen molar-refractivity contribution in [1.82, 2.24) is 19.4 Å². The average Bonchev–Trinajstić information content (AvgIpc) is 3.35. The molecule has 154 valence electrons. The molecule has 0 spiro atoms. The normalized spacial score (nSPS) is 14.5. The smallest absolute Gasteiger partial charge is 0.261 e. The molecule has 0 atom stereocenters. The van der Waals surface area contributed by atoms with E-state index in [1.165, 1.54) is 12.1 Å². The zero-order chi connectivity index (χ0) is 20.8. The van der Waals surface area contributed by atoms with Gasteiger partial charge >= 0.3 is 0 Å². The second-order valence-corrected chi connectivity index (χ2v) is 9.01. The second kappa shape index (κ2) is 7.38. The lowest BCUT2D eigenvalue weighted by Gasteiger charge is -2.09. The zero-order valence-electron chi connectivity index (χ0n) is 16.6. The van der Waals surface area contributed by atoms with Gasteiger partial charge in [-0.25, -0.2) is 17.5 Å². The minimum Gasteiger partial charge on any atom is -0.347 e. The first-order valence-electron chi connectivity index (χ1n) is 9.59. The quantitative estimate of drug-likeness (QED) is 0.632. The molecule has 4 rings (SSSR count). The van der Waals surface area contributed by atoms with E-state index in [9.17, 15) is 12.8 Å². The molecule has 0 saturated heterocycles. The Morgan fingerprint density at radius 2 is 2.03 bits per heavy atom. The molecule has 2 aromatic heterocycles. The van der Waals surface area contributed by atoms with Crippen molar-refractivity contribution in [3.05, 3.63) is 52.9 Å². The van der Waals surface area contributed by atoms with E-state index in [0.29, 0.717) is 35.1 Å². The number of halogens is 1. The van der Waals surface area contributed by atoms with E-state index in [1.807, 2.05) is 18.4 Å². The molecule has 1 fully saturated rings. The van der Waals surface area contributed by atoms with Crippen LogP contribution in [0.25, 0.3) is 11.5 Å². The van der Waals surface area contributed by atoms with Gasteiger partial charge in [-0.15, -0.1) is 0 Å². The van der Waals surface area contributed by atoms with Crippen LogP contribution in [0.15, 0.2) is 33.7 Å². The molecule has 3 aromatic rings. The highest BCUT2D eigenvalue weighted by atomic mass is 32.2. The molecule has 1 aromatic carbocycles. The molecule has 2 heterocycles. The predicted molar refractivity (Wildman–Crippen MR) is 105 cm³/mol. The van der Waals surface area contributed by atoms with Crippen molar-refractivity contribution in [2.45, 2.75) is 57.5 Å². The van der Waals surface area contributed by atoms with Gasteiger partial charge in [-0.3, -0.25) is 0 Å². The maximum atomic E-state index is 13.4. The minimum absolute atomic E-state index is 0.0213. The summed E-state index contributed by atoms with van der Waals surface area (Å²) in [6.45, 7) is 6.14. The first-order chi connectivity index (χ1) is 13.8. The van der Waals surface area contributed by atoms with Crippen molar-refractivity contribution in [1.29, 1.82) is 0 Å². The second-order valence-electron chi connectivity index (χ2n) is 7.31. The molecule has 1 aliphatic rings. The minimum atomic E-state index is -3.91. The highest BCUT2D eigenvalue weighted by Crippen LogP contribution is 2.40. The SMILES string of the molecule is CCn1c(C)c(-c2nc(C3CC3)no2)c(S(=O)(=O)NCc2cccc(F)c2)c1C. The summed E-state index contributed by atoms with van der Waals surface area (Å²) in [6.07, 6.45) is 2.04. The van der Waals surface area contributed by atoms with Gasteiger partial charge in [0.05, 0.1) is 5.56 Å². The molecule has 0 bridgehead atoms. The molecule has 7 nitrogen and oxygen atoms in total. The fourth-order valence-electron chi connectivity index (χ4n) is 3.65. The molecule has 9 heteroatoms. The van der Waals surface area contributed by atoms with Crippen molar-refractivity contribution in [2.75, 3.05) is 0 Å². The summed E-state index contributed by atoms with van der Waals surface area (Å²) in [7, 11) is -3.91. The van der Waals surface area contributed by atoms with Crippen LogP contribution in [0.1, 0.15) is 48.5 Å². The molecule has 1 N–H and O–H groups in total. The zero-order valence-corrected chi connectivity index (χ0v) is 17.4. The number of nitrogens with zero attached hydrogens (tertiary/aromatic N) is 3. The predicted octanol–water partition coefficient (Wildman–Crippen LogP) is 3.67. The number of rotatable bonds is 7. The Labute approximate surface area is 169 Å². The van der Waals surface area contributed by atoms with Gasteiger partial charge in [-0.1, -0.05) is 17.3 Å². The molecule has 1 aliphatic carbocycles. The number of benzene rings is 1. The standard InChI is InChI=1S/C20H23FN4O3S/c1-4-25-12(2)17(20-23-19(24-28-20)15-8-9-15)18(13(25)3)29(26,27)22-11-14-6-5-7-16(21)10-14/h5-7,10,15,22H,4,8-9,11H2,1-3H3. The fraction of sp³-hybridized carbons (Fsp3) is 0.400. The van der Waals surface area contributed by atoms with Gasteiger partial charge in [0.1, 0.15) is 10.7 Å². The van der Waals surface area contributed by atoms with Crippen molar-refractivity contribution in [2.24, 2.45) is 0 Å². The summed E-state index contributed by atoms with van der Waals surface area (Å²) in [5.41, 5.74) is 2.31. The lowest BCUT2D eigenvalue weighted by molar-refractivity contribution is 0.421. The van der Waals surface area contributed by atoms with Crippen LogP contribution >= 0.6 is 0 Å². The number of nitrogens with one attached hydrogen (secondary N) is 1. The lowest BCUT2D eigenvalue weighted by Crippen LogP contribution is -2.24. The van der Waals surface area contributed by atoms with Gasteiger partial charge in [0.15, 0.2) is 5.82 Å². The molecule has 29 heavy (non-hydrogen) atoms. The van der Waals surface area contributed by atoms with Gasteiger partial charge in [0.25, 0.3) is 5.89 Å². The first-order valence-corrected chi connectivity index (χ1v) is 11.1. The summed E-state index contributed by atoms with van der Waals surface area (Å²) in [5, 5.41) is 4.03. The van der Waals surface area contributed by atoms with Crippen LogP contribution in [0.4, 0.5) is 4.39 Å². The average molecular weight is 418 g/mol. The van der Waals surface area contributed by atoms with Crippen LogP contribution in [-0.2, 0) is 23.1 Å². The van der Waals surface area contributed by atoms with E-state index in [-0.39, 0.29) is 17.3 Å². The Hall–Kier alpha value is -2.52. The van der Waals surface area contributed by atoms with Crippen LogP contribution in [0, 0.1) is 19.7 Å². The van der Waals surface area contributed by atoms with E-state index in [0.717, 1.165) is 18.5 Å². The van der Waals surface area contributed by atoms with E-state index in [1.54, 1.807) is 19.1 Å². The van der Waals surface area contributed by atoms with Crippen LogP contribution < -0.4 is 4.72 Å². The number of sulfonamides is 1. The van der Waals surface area contributed by atoms with Gasteiger partial charge in [0, 0.05) is 30.4 Å². The fourth-order valence-corrected chi connectivity index (χ4v) is 5.15. The topological polar surface area (TPSA) is 90.0 Å². The van der Waals surface area contributed by atoms with E-state index < -0.39 is 15.8 Å². The summed E-state index contributed by atoms with van der Waals surface area (Å²) >= 11 is 0. The Bertz CT molecular complexity index is 1160. The van der Waals surface area contributed by atoms with Crippen LogP contribution in [-0.4, -0.2) is 23.1 Å². The van der Waals surface area contributed by atoms with Crippen molar-refractivity contribution in [3.63, 3.8) is 0 Å². The maximum absolute atomic E-state index is 13.4. The van der Waals surface area contributed by atoms with Crippen molar-refractivity contribution in [3.8, 4) is 11.5 Å². The number of hydrogen-bond acceptors (Lipinski definition) is 5. The maximum Gasteiger partial charge on any atom is 0.261 e. The van der Waals surface area contributed by atoms with Gasteiger partial charge in [-0.2, -0.15) is 4.98 Å². The monoisotopic (exact) mass is 418 g/mol. The third kappa shape index (κ3) is 3.72. The van der Waals surface area contributed by atoms with Crippen LogP contribution in [0.3, 0.4) is 0 Å². The third-order valence-electron chi connectivity index (χ3n) is 5.27. The number of aromatic nitrogens is 3. The van der Waals surface area contributed by atoms with E-state index >= 15 is 0 Å². The third-order valence-corrected chi connectivity index (χ3v) is 6.83. The molecule has 0 radical (unpaired) electrons. The van der Waals surface area contributed by atoms with Crippen LogP contribution in [0.5, 0.6) is 0 Å². The lowest BCUT2D eigenvalue weighted by atomic mass is 10.2. The number of hydrogen-bond donors (Lipinski definition) is 1. The molecular formula is C20H23FN4O3S. The first kappa shape index (κ1) is 19.8. The van der Waals surface area contributed by atoms with Crippen LogP contribution in [0.2, 0.25) is 0 Å². The van der Waals surface area contributed by atoms with Gasteiger partial charge in [0.2, 0.25) is 10.0 Å². The Kier molecular flexibility index (Phi) is 5.04. The van der Waals surface area contributed by atoms with E-state index in [4.69, 9.17) is 4.52 Å². The highest BCUT2D eigenvalue weighted by molar-refractivity contribution is 7.89.